The van der Waals surface area contributed by atoms with Crippen molar-refractivity contribution in [3.63, 3.8) is 0 Å². The van der Waals surface area contributed by atoms with Crippen molar-refractivity contribution in [2.75, 3.05) is 18.2 Å². The molecule has 0 bridgehead atoms. The fraction of sp³-hybridized carbons (Fsp3) is 0.0667. The first-order valence-corrected chi connectivity index (χ1v) is 6.85. The summed E-state index contributed by atoms with van der Waals surface area (Å²) < 4.78 is 5.06. The molecule has 0 aliphatic carbocycles. The maximum Gasteiger partial charge on any atom is 0.255 e. The summed E-state index contributed by atoms with van der Waals surface area (Å²) in [7, 11) is 1.52. The molecule has 0 fully saturated rings. The van der Waals surface area contributed by atoms with E-state index in [1.165, 1.54) is 7.11 Å². The smallest absolute Gasteiger partial charge is 0.255 e. The number of hydrogen-bond acceptors (Lipinski definition) is 4. The van der Waals surface area contributed by atoms with Crippen LogP contribution in [0.3, 0.4) is 0 Å². The van der Waals surface area contributed by atoms with Gasteiger partial charge in [-0.2, -0.15) is 5.10 Å². The minimum atomic E-state index is -0.267. The molecule has 3 rings (SSSR count). The van der Waals surface area contributed by atoms with Gasteiger partial charge in [-0.3, -0.25) is 9.89 Å². The van der Waals surface area contributed by atoms with E-state index in [1.807, 2.05) is 0 Å². The lowest BCUT2D eigenvalue weighted by molar-refractivity contribution is 0.102. The lowest BCUT2D eigenvalue weighted by atomic mass is 10.2. The number of H-pyrrole nitrogens is 1. The zero-order valence-corrected chi connectivity index (χ0v) is 12.4. The molecule has 2 aromatic carbocycles. The Balaban J connectivity index is 1.84. The second-order valence-corrected chi connectivity index (χ2v) is 5.08. The Kier molecular flexibility index (Phi) is 3.60. The van der Waals surface area contributed by atoms with Gasteiger partial charge in [0.1, 0.15) is 5.75 Å². The molecular formula is C15H13ClN4O2. The number of benzene rings is 2. The number of nitrogen functional groups attached to an aromatic ring is 1. The van der Waals surface area contributed by atoms with E-state index < -0.39 is 0 Å². The van der Waals surface area contributed by atoms with Crippen molar-refractivity contribution in [3.8, 4) is 5.75 Å². The standard InChI is InChI=1S/C15H13ClN4O2/c1-22-13-5-2-8(6-11(13)16)15(21)18-9-3-4-10-12(7-9)19-20-14(10)17/h2-7H,1H3,(H,18,21)(H3,17,19,20). The van der Waals surface area contributed by atoms with Crippen molar-refractivity contribution in [2.24, 2.45) is 0 Å². The van der Waals surface area contributed by atoms with Crippen LogP contribution in [0.1, 0.15) is 10.4 Å². The summed E-state index contributed by atoms with van der Waals surface area (Å²) >= 11 is 6.03. The molecule has 0 aliphatic heterocycles. The zero-order chi connectivity index (χ0) is 15.7. The maximum absolute atomic E-state index is 12.2. The fourth-order valence-corrected chi connectivity index (χ4v) is 2.39. The van der Waals surface area contributed by atoms with Gasteiger partial charge in [-0.05, 0) is 36.4 Å². The van der Waals surface area contributed by atoms with Crippen LogP contribution in [0.15, 0.2) is 36.4 Å². The first-order valence-electron chi connectivity index (χ1n) is 6.47. The lowest BCUT2D eigenvalue weighted by Crippen LogP contribution is -2.11. The average Bonchev–Trinajstić information content (AvgIpc) is 2.88. The highest BCUT2D eigenvalue weighted by Gasteiger charge is 2.10. The summed E-state index contributed by atoms with van der Waals surface area (Å²) in [5.74, 6) is 0.679. The molecule has 7 heteroatoms. The summed E-state index contributed by atoms with van der Waals surface area (Å²) in [4.78, 5) is 12.2. The Labute approximate surface area is 131 Å². The Bertz CT molecular complexity index is 860. The number of ether oxygens (including phenoxy) is 1. The van der Waals surface area contributed by atoms with Crippen LogP contribution in [0, 0.1) is 0 Å². The molecule has 6 nitrogen and oxygen atoms in total. The minimum absolute atomic E-state index is 0.267. The monoisotopic (exact) mass is 316 g/mol. The largest absolute Gasteiger partial charge is 0.495 e. The number of hydrogen-bond donors (Lipinski definition) is 3. The number of methoxy groups -OCH3 is 1. The van der Waals surface area contributed by atoms with Gasteiger partial charge in [0.2, 0.25) is 0 Å². The first-order chi connectivity index (χ1) is 10.6. The average molecular weight is 317 g/mol. The van der Waals surface area contributed by atoms with Gasteiger partial charge in [-0.1, -0.05) is 11.6 Å². The Morgan fingerprint density at radius 2 is 2.14 bits per heavy atom. The Morgan fingerprint density at radius 1 is 1.32 bits per heavy atom. The second kappa shape index (κ2) is 5.57. The van der Waals surface area contributed by atoms with Crippen LogP contribution in [-0.4, -0.2) is 23.2 Å². The van der Waals surface area contributed by atoms with E-state index in [9.17, 15) is 4.79 Å². The molecule has 1 aromatic heterocycles. The molecule has 0 saturated heterocycles. The van der Waals surface area contributed by atoms with Gasteiger partial charge in [-0.15, -0.1) is 0 Å². The number of aromatic nitrogens is 2. The van der Waals surface area contributed by atoms with Gasteiger partial charge in [-0.25, -0.2) is 0 Å². The van der Waals surface area contributed by atoms with Crippen LogP contribution in [0.4, 0.5) is 11.5 Å². The van der Waals surface area contributed by atoms with Crippen LogP contribution in [0.25, 0.3) is 10.9 Å². The van der Waals surface area contributed by atoms with Crippen LogP contribution >= 0.6 is 11.6 Å². The van der Waals surface area contributed by atoms with Crippen molar-refractivity contribution < 1.29 is 9.53 Å². The highest BCUT2D eigenvalue weighted by atomic mass is 35.5. The van der Waals surface area contributed by atoms with E-state index >= 15 is 0 Å². The minimum Gasteiger partial charge on any atom is -0.495 e. The molecule has 0 unspecified atom stereocenters. The summed E-state index contributed by atoms with van der Waals surface area (Å²) in [5.41, 5.74) is 7.53. The van der Waals surface area contributed by atoms with Gasteiger partial charge in [0.05, 0.1) is 17.6 Å². The van der Waals surface area contributed by atoms with E-state index in [0.717, 1.165) is 10.9 Å². The molecule has 1 amide bonds. The van der Waals surface area contributed by atoms with Crippen LogP contribution in [0.5, 0.6) is 5.75 Å². The van der Waals surface area contributed by atoms with Crippen molar-refractivity contribution >= 4 is 39.9 Å². The van der Waals surface area contributed by atoms with E-state index in [1.54, 1.807) is 36.4 Å². The van der Waals surface area contributed by atoms with Crippen molar-refractivity contribution in [1.82, 2.24) is 10.2 Å². The van der Waals surface area contributed by atoms with Crippen LogP contribution in [-0.2, 0) is 0 Å². The van der Waals surface area contributed by atoms with Crippen molar-refractivity contribution in [3.05, 3.63) is 47.0 Å². The number of aromatic amines is 1. The van der Waals surface area contributed by atoms with E-state index in [4.69, 9.17) is 22.1 Å². The quantitative estimate of drug-likeness (QED) is 0.692. The Morgan fingerprint density at radius 3 is 2.86 bits per heavy atom. The molecule has 0 spiro atoms. The number of anilines is 2. The third-order valence-corrected chi connectivity index (χ3v) is 3.56. The maximum atomic E-state index is 12.2. The lowest BCUT2D eigenvalue weighted by Gasteiger charge is -2.07. The SMILES string of the molecule is COc1ccc(C(=O)Nc2ccc3c(N)n[nH]c3c2)cc1Cl. The van der Waals surface area contributed by atoms with E-state index in [-0.39, 0.29) is 5.91 Å². The highest BCUT2D eigenvalue weighted by molar-refractivity contribution is 6.32. The fourth-order valence-electron chi connectivity index (χ4n) is 2.13. The third kappa shape index (κ3) is 2.56. The molecule has 0 radical (unpaired) electrons. The van der Waals surface area contributed by atoms with Crippen LogP contribution in [0.2, 0.25) is 5.02 Å². The molecule has 0 atom stereocenters. The predicted octanol–water partition coefficient (Wildman–Crippen LogP) is 3.06. The zero-order valence-electron chi connectivity index (χ0n) is 11.7. The summed E-state index contributed by atoms with van der Waals surface area (Å²) in [6.07, 6.45) is 0. The molecule has 0 saturated carbocycles. The number of carbonyl (C=O) groups excluding carboxylic acids is 1. The van der Waals surface area contributed by atoms with Crippen LogP contribution < -0.4 is 15.8 Å². The number of fused-ring (bicyclic) bond motifs is 1. The molecule has 3 aromatic rings. The molecule has 1 heterocycles. The first kappa shape index (κ1) is 14.2. The normalized spacial score (nSPS) is 10.6. The van der Waals surface area contributed by atoms with Crippen molar-refractivity contribution in [2.45, 2.75) is 0 Å². The van der Waals surface area contributed by atoms with Gasteiger partial charge in [0.15, 0.2) is 5.82 Å². The molecular weight excluding hydrogens is 304 g/mol. The van der Waals surface area contributed by atoms with Gasteiger partial charge in [0, 0.05) is 16.6 Å². The van der Waals surface area contributed by atoms with Gasteiger partial charge < -0.3 is 15.8 Å². The summed E-state index contributed by atoms with van der Waals surface area (Å²) in [5, 5.41) is 10.7. The predicted molar refractivity (Wildman–Crippen MR) is 86.5 cm³/mol. The highest BCUT2D eigenvalue weighted by Crippen LogP contribution is 2.26. The number of rotatable bonds is 3. The number of carbonyl (C=O) groups is 1. The Hall–Kier alpha value is -2.73. The van der Waals surface area contributed by atoms with Gasteiger partial charge >= 0.3 is 0 Å². The molecule has 4 N–H and O–H groups in total. The number of amides is 1. The topological polar surface area (TPSA) is 93.0 Å². The number of nitrogens with two attached hydrogens (primary N) is 1. The van der Waals surface area contributed by atoms with Gasteiger partial charge in [0.25, 0.3) is 5.91 Å². The van der Waals surface area contributed by atoms with Crippen molar-refractivity contribution in [1.29, 1.82) is 0 Å². The van der Waals surface area contributed by atoms with E-state index in [0.29, 0.717) is 27.8 Å². The molecule has 0 aliphatic rings. The molecule has 22 heavy (non-hydrogen) atoms. The number of halogens is 1. The molecule has 112 valence electrons. The van der Waals surface area contributed by atoms with E-state index in [2.05, 4.69) is 15.5 Å². The number of nitrogens with zero attached hydrogens (tertiary/aromatic N) is 1. The number of nitrogens with one attached hydrogen (secondary N) is 2. The summed E-state index contributed by atoms with van der Waals surface area (Å²) in [6.45, 7) is 0. The summed E-state index contributed by atoms with van der Waals surface area (Å²) in [6, 6.07) is 10.2. The second-order valence-electron chi connectivity index (χ2n) is 4.67. The third-order valence-electron chi connectivity index (χ3n) is 3.26.